The number of aryl methyl sites for hydroxylation is 1. The van der Waals surface area contributed by atoms with Crippen molar-refractivity contribution >= 4 is 5.69 Å². The van der Waals surface area contributed by atoms with Gasteiger partial charge in [-0.15, -0.1) is 0 Å². The van der Waals surface area contributed by atoms with Crippen molar-refractivity contribution in [1.29, 1.82) is 0 Å². The fourth-order valence-electron chi connectivity index (χ4n) is 2.54. The Balaban J connectivity index is 1.77. The molecule has 1 aliphatic rings. The van der Waals surface area contributed by atoms with E-state index >= 15 is 0 Å². The molecule has 0 radical (unpaired) electrons. The summed E-state index contributed by atoms with van der Waals surface area (Å²) >= 11 is 0. The van der Waals surface area contributed by atoms with E-state index in [1.807, 2.05) is 25.1 Å². The van der Waals surface area contributed by atoms with Gasteiger partial charge in [-0.2, -0.15) is 0 Å². The number of anilines is 1. The van der Waals surface area contributed by atoms with Crippen LogP contribution in [0.25, 0.3) is 0 Å². The van der Waals surface area contributed by atoms with E-state index < -0.39 is 0 Å². The van der Waals surface area contributed by atoms with Crippen molar-refractivity contribution in [2.75, 3.05) is 5.73 Å². The zero-order chi connectivity index (χ0) is 12.5. The quantitative estimate of drug-likeness (QED) is 0.819. The fourth-order valence-corrected chi connectivity index (χ4v) is 2.54. The summed E-state index contributed by atoms with van der Waals surface area (Å²) in [6.45, 7) is 4.81. The fraction of sp³-hybridized carbons (Fsp3) is 0.267. The summed E-state index contributed by atoms with van der Waals surface area (Å²) in [5.74, 6) is 0. The number of nitrogens with zero attached hydrogens (tertiary/aromatic N) is 2. The molecule has 1 aromatic carbocycles. The molecule has 2 N–H and O–H groups in total. The second kappa shape index (κ2) is 4.42. The van der Waals surface area contributed by atoms with Gasteiger partial charge in [0.15, 0.2) is 0 Å². The van der Waals surface area contributed by atoms with Gasteiger partial charge in [-0.05, 0) is 36.2 Å². The molecule has 0 unspecified atom stereocenters. The average molecular weight is 239 g/mol. The standard InChI is InChI=1S/C15H17N3/c1-11-4-2-6-13(17-11)9-18-8-12-5-3-7-15(16)14(12)10-18/h2-7H,8-10,16H2,1H3. The molecule has 0 saturated heterocycles. The van der Waals surface area contributed by atoms with Crippen LogP contribution in [-0.2, 0) is 19.6 Å². The molecule has 1 aromatic heterocycles. The molecular formula is C15H17N3. The first-order valence-corrected chi connectivity index (χ1v) is 6.23. The Bertz CT molecular complexity index is 578. The Labute approximate surface area is 107 Å². The highest BCUT2D eigenvalue weighted by Gasteiger charge is 2.20. The Morgan fingerprint density at radius 2 is 2.00 bits per heavy atom. The van der Waals surface area contributed by atoms with Crippen LogP contribution >= 0.6 is 0 Å². The van der Waals surface area contributed by atoms with E-state index in [1.54, 1.807) is 0 Å². The summed E-state index contributed by atoms with van der Waals surface area (Å²) < 4.78 is 0. The van der Waals surface area contributed by atoms with Crippen molar-refractivity contribution in [2.24, 2.45) is 0 Å². The van der Waals surface area contributed by atoms with Gasteiger partial charge in [0.25, 0.3) is 0 Å². The Hall–Kier alpha value is -1.87. The highest BCUT2D eigenvalue weighted by atomic mass is 15.1. The van der Waals surface area contributed by atoms with E-state index in [0.29, 0.717) is 0 Å². The number of nitrogen functional groups attached to an aromatic ring is 1. The topological polar surface area (TPSA) is 42.1 Å². The summed E-state index contributed by atoms with van der Waals surface area (Å²) in [6, 6.07) is 12.3. The minimum atomic E-state index is 0.885. The van der Waals surface area contributed by atoms with Gasteiger partial charge in [0.1, 0.15) is 0 Å². The van der Waals surface area contributed by atoms with E-state index in [2.05, 4.69) is 28.1 Å². The maximum absolute atomic E-state index is 6.01. The zero-order valence-corrected chi connectivity index (χ0v) is 10.6. The first kappa shape index (κ1) is 11.2. The molecular weight excluding hydrogens is 222 g/mol. The van der Waals surface area contributed by atoms with Gasteiger partial charge in [0.2, 0.25) is 0 Å². The number of rotatable bonds is 2. The lowest BCUT2D eigenvalue weighted by Crippen LogP contribution is -2.16. The summed E-state index contributed by atoms with van der Waals surface area (Å²) in [5.41, 5.74) is 11.8. The van der Waals surface area contributed by atoms with E-state index in [1.165, 1.54) is 11.1 Å². The van der Waals surface area contributed by atoms with Crippen LogP contribution < -0.4 is 5.73 Å². The van der Waals surface area contributed by atoms with Gasteiger partial charge in [0, 0.05) is 31.0 Å². The average Bonchev–Trinajstić information content (AvgIpc) is 2.73. The van der Waals surface area contributed by atoms with Crippen molar-refractivity contribution in [2.45, 2.75) is 26.6 Å². The highest BCUT2D eigenvalue weighted by Crippen LogP contribution is 2.28. The molecule has 0 amide bonds. The van der Waals surface area contributed by atoms with Gasteiger partial charge in [-0.25, -0.2) is 0 Å². The van der Waals surface area contributed by atoms with Crippen molar-refractivity contribution in [3.05, 3.63) is 58.9 Å². The molecule has 18 heavy (non-hydrogen) atoms. The lowest BCUT2D eigenvalue weighted by atomic mass is 10.1. The lowest BCUT2D eigenvalue weighted by Gasteiger charge is -2.14. The monoisotopic (exact) mass is 239 g/mol. The van der Waals surface area contributed by atoms with Gasteiger partial charge >= 0.3 is 0 Å². The molecule has 0 bridgehead atoms. The number of pyridine rings is 1. The summed E-state index contributed by atoms with van der Waals surface area (Å²) in [4.78, 5) is 6.93. The first-order chi connectivity index (χ1) is 8.72. The second-order valence-corrected chi connectivity index (χ2v) is 4.90. The number of nitrogens with two attached hydrogens (primary N) is 1. The van der Waals surface area contributed by atoms with Crippen LogP contribution in [0.2, 0.25) is 0 Å². The normalized spacial score (nSPS) is 14.7. The minimum Gasteiger partial charge on any atom is -0.398 e. The molecule has 3 rings (SSSR count). The number of hydrogen-bond acceptors (Lipinski definition) is 3. The van der Waals surface area contributed by atoms with E-state index in [-0.39, 0.29) is 0 Å². The lowest BCUT2D eigenvalue weighted by molar-refractivity contribution is 0.272. The maximum atomic E-state index is 6.01. The van der Waals surface area contributed by atoms with Crippen LogP contribution in [0.1, 0.15) is 22.5 Å². The number of benzene rings is 1. The first-order valence-electron chi connectivity index (χ1n) is 6.23. The van der Waals surface area contributed by atoms with Gasteiger partial charge < -0.3 is 5.73 Å². The third kappa shape index (κ3) is 2.09. The smallest absolute Gasteiger partial charge is 0.0547 e. The number of hydrogen-bond donors (Lipinski definition) is 1. The third-order valence-corrected chi connectivity index (χ3v) is 3.42. The molecule has 1 aliphatic heterocycles. The molecule has 3 nitrogen and oxygen atoms in total. The molecule has 3 heteroatoms. The van der Waals surface area contributed by atoms with Crippen LogP contribution in [0.3, 0.4) is 0 Å². The van der Waals surface area contributed by atoms with Crippen molar-refractivity contribution in [3.8, 4) is 0 Å². The van der Waals surface area contributed by atoms with Gasteiger partial charge in [-0.1, -0.05) is 18.2 Å². The van der Waals surface area contributed by atoms with Crippen LogP contribution in [0, 0.1) is 6.92 Å². The Morgan fingerprint density at radius 1 is 1.17 bits per heavy atom. The minimum absolute atomic E-state index is 0.885. The van der Waals surface area contributed by atoms with Gasteiger partial charge in [0.05, 0.1) is 5.69 Å². The van der Waals surface area contributed by atoms with Crippen LogP contribution in [-0.4, -0.2) is 9.88 Å². The van der Waals surface area contributed by atoms with Crippen molar-refractivity contribution < 1.29 is 0 Å². The van der Waals surface area contributed by atoms with E-state index in [0.717, 1.165) is 36.7 Å². The van der Waals surface area contributed by atoms with Crippen LogP contribution in [0.15, 0.2) is 36.4 Å². The molecule has 0 saturated carbocycles. The van der Waals surface area contributed by atoms with E-state index in [9.17, 15) is 0 Å². The van der Waals surface area contributed by atoms with Gasteiger partial charge in [-0.3, -0.25) is 9.88 Å². The Morgan fingerprint density at radius 3 is 2.78 bits per heavy atom. The maximum Gasteiger partial charge on any atom is 0.0547 e. The molecule has 92 valence electrons. The molecule has 0 fully saturated rings. The summed E-state index contributed by atoms with van der Waals surface area (Å²) in [6.07, 6.45) is 0. The second-order valence-electron chi connectivity index (χ2n) is 4.90. The van der Waals surface area contributed by atoms with E-state index in [4.69, 9.17) is 5.73 Å². The molecule has 0 spiro atoms. The van der Waals surface area contributed by atoms with Crippen LogP contribution in [0.5, 0.6) is 0 Å². The summed E-state index contributed by atoms with van der Waals surface area (Å²) in [7, 11) is 0. The highest BCUT2D eigenvalue weighted by molar-refractivity contribution is 5.52. The van der Waals surface area contributed by atoms with Crippen LogP contribution in [0.4, 0.5) is 5.69 Å². The van der Waals surface area contributed by atoms with Crippen molar-refractivity contribution in [3.63, 3.8) is 0 Å². The molecule has 0 aliphatic carbocycles. The number of fused-ring (bicyclic) bond motifs is 1. The van der Waals surface area contributed by atoms with Crippen molar-refractivity contribution in [1.82, 2.24) is 9.88 Å². The summed E-state index contributed by atoms with van der Waals surface area (Å²) in [5, 5.41) is 0. The molecule has 2 heterocycles. The molecule has 0 atom stereocenters. The largest absolute Gasteiger partial charge is 0.398 e. The predicted octanol–water partition coefficient (Wildman–Crippen LogP) is 2.49. The zero-order valence-electron chi connectivity index (χ0n) is 10.6. The Kier molecular flexibility index (Phi) is 2.76. The predicted molar refractivity (Wildman–Crippen MR) is 72.8 cm³/mol. The number of aromatic nitrogens is 1. The third-order valence-electron chi connectivity index (χ3n) is 3.42. The SMILES string of the molecule is Cc1cccc(CN2Cc3cccc(N)c3C2)n1. The molecule has 2 aromatic rings.